The van der Waals surface area contributed by atoms with Crippen molar-refractivity contribution in [3.63, 3.8) is 0 Å². The summed E-state index contributed by atoms with van der Waals surface area (Å²) in [6.07, 6.45) is 4.90. The summed E-state index contributed by atoms with van der Waals surface area (Å²) in [5.41, 5.74) is 1.86. The van der Waals surface area contributed by atoms with Crippen LogP contribution in [0, 0.1) is 12.8 Å². The van der Waals surface area contributed by atoms with Crippen molar-refractivity contribution in [3.8, 4) is 0 Å². The zero-order chi connectivity index (χ0) is 23.4. The molecule has 2 heterocycles. The summed E-state index contributed by atoms with van der Waals surface area (Å²) in [5, 5.41) is 16.2. The summed E-state index contributed by atoms with van der Waals surface area (Å²) in [6, 6.07) is 11.6. The maximum Gasteiger partial charge on any atom is 0.314 e. The van der Waals surface area contributed by atoms with E-state index in [1.165, 1.54) is 10.2 Å². The molecule has 1 saturated heterocycles. The Balaban J connectivity index is 1.35. The van der Waals surface area contributed by atoms with Crippen molar-refractivity contribution in [2.24, 2.45) is 5.92 Å². The maximum atomic E-state index is 12.6. The number of carbonyl (C=O) groups excluding carboxylic acids is 3. The van der Waals surface area contributed by atoms with Crippen LogP contribution in [0.15, 0.2) is 36.4 Å². The van der Waals surface area contributed by atoms with Crippen LogP contribution in [-0.2, 0) is 20.8 Å². The Morgan fingerprint density at radius 2 is 1.94 bits per heavy atom. The van der Waals surface area contributed by atoms with E-state index in [1.54, 1.807) is 13.0 Å². The summed E-state index contributed by atoms with van der Waals surface area (Å²) in [5.74, 6) is -1.14. The van der Waals surface area contributed by atoms with Crippen LogP contribution in [0.1, 0.15) is 56.6 Å². The van der Waals surface area contributed by atoms with Crippen molar-refractivity contribution in [3.05, 3.63) is 47.7 Å². The third-order valence-corrected chi connectivity index (χ3v) is 6.39. The molecule has 1 aromatic carbocycles. The number of carbonyl (C=O) groups is 3. The average molecular weight is 453 g/mol. The molecule has 4 rings (SSSR count). The molecule has 33 heavy (non-hydrogen) atoms. The highest BCUT2D eigenvalue weighted by Gasteiger charge is 2.38. The fourth-order valence-electron chi connectivity index (χ4n) is 4.63. The van der Waals surface area contributed by atoms with Crippen molar-refractivity contribution in [2.45, 2.75) is 70.7 Å². The van der Waals surface area contributed by atoms with E-state index in [2.05, 4.69) is 26.4 Å². The van der Waals surface area contributed by atoms with E-state index in [0.29, 0.717) is 11.5 Å². The van der Waals surface area contributed by atoms with Crippen molar-refractivity contribution in [2.75, 3.05) is 5.32 Å². The second kappa shape index (κ2) is 10.2. The Labute approximate surface area is 193 Å². The third kappa shape index (κ3) is 5.60. The first-order valence-electron chi connectivity index (χ1n) is 11.7. The van der Waals surface area contributed by atoms with Crippen LogP contribution >= 0.6 is 0 Å². The van der Waals surface area contributed by atoms with Crippen molar-refractivity contribution in [1.82, 2.24) is 25.7 Å². The van der Waals surface area contributed by atoms with Gasteiger partial charge in [-0.2, -0.15) is 5.10 Å². The van der Waals surface area contributed by atoms with E-state index in [-0.39, 0.29) is 23.9 Å². The Morgan fingerprint density at radius 1 is 1.18 bits per heavy atom. The van der Waals surface area contributed by atoms with Crippen molar-refractivity contribution in [1.29, 1.82) is 0 Å². The van der Waals surface area contributed by atoms with Gasteiger partial charge in [-0.25, -0.2) is 4.68 Å². The number of rotatable bonds is 6. The van der Waals surface area contributed by atoms with Gasteiger partial charge in [-0.15, -0.1) is 0 Å². The Hall–Kier alpha value is -3.20. The van der Waals surface area contributed by atoms with E-state index < -0.39 is 18.1 Å². The highest BCUT2D eigenvalue weighted by molar-refractivity contribution is 6.39. The number of fused-ring (bicyclic) bond motifs is 1. The van der Waals surface area contributed by atoms with Gasteiger partial charge in [0.2, 0.25) is 5.91 Å². The summed E-state index contributed by atoms with van der Waals surface area (Å²) in [4.78, 5) is 37.7. The first kappa shape index (κ1) is 23.0. The minimum atomic E-state index is -0.764. The maximum absolute atomic E-state index is 12.6. The fourth-order valence-corrected chi connectivity index (χ4v) is 4.63. The lowest BCUT2D eigenvalue weighted by molar-refractivity contribution is -0.136. The topological polar surface area (TPSA) is 117 Å². The number of benzene rings is 1. The summed E-state index contributed by atoms with van der Waals surface area (Å²) < 4.78 is 1.53. The highest BCUT2D eigenvalue weighted by Crippen LogP contribution is 2.29. The van der Waals surface area contributed by atoms with E-state index in [9.17, 15) is 14.4 Å². The molecule has 4 atom stereocenters. The van der Waals surface area contributed by atoms with Crippen LogP contribution in [0.5, 0.6) is 0 Å². The van der Waals surface area contributed by atoms with Gasteiger partial charge in [0.1, 0.15) is 5.82 Å². The molecule has 2 aliphatic rings. The lowest BCUT2D eigenvalue weighted by Crippen LogP contribution is -2.59. The van der Waals surface area contributed by atoms with E-state index in [1.807, 2.05) is 37.3 Å². The molecule has 3 amide bonds. The second-order valence-electron chi connectivity index (χ2n) is 9.04. The van der Waals surface area contributed by atoms with Gasteiger partial charge in [-0.05, 0) is 45.1 Å². The minimum absolute atomic E-state index is 0.00105. The third-order valence-electron chi connectivity index (χ3n) is 6.39. The van der Waals surface area contributed by atoms with E-state index in [0.717, 1.165) is 38.5 Å². The molecule has 1 aliphatic carbocycles. The predicted octanol–water partition coefficient (Wildman–Crippen LogP) is 2.00. The molecule has 4 N–H and O–H groups in total. The monoisotopic (exact) mass is 452 g/mol. The van der Waals surface area contributed by atoms with Crippen LogP contribution in [0.25, 0.3) is 0 Å². The van der Waals surface area contributed by atoms with Crippen LogP contribution in [0.2, 0.25) is 0 Å². The molecule has 1 saturated carbocycles. The zero-order valence-electron chi connectivity index (χ0n) is 19.1. The van der Waals surface area contributed by atoms with Crippen LogP contribution in [0.3, 0.4) is 0 Å². The number of nitrogens with zero attached hydrogens (tertiary/aromatic N) is 2. The SMILES string of the molecule is Cc1cc(NC(=O)C(=O)NC(C)CCc2ccccc2)n(C2NC(=O)C3CCCCC3N2)n1. The summed E-state index contributed by atoms with van der Waals surface area (Å²) >= 11 is 0. The molecule has 0 spiro atoms. The van der Waals surface area contributed by atoms with Gasteiger partial charge in [0.25, 0.3) is 0 Å². The van der Waals surface area contributed by atoms with Gasteiger partial charge in [0.15, 0.2) is 6.29 Å². The molecule has 176 valence electrons. The average Bonchev–Trinajstić information content (AvgIpc) is 3.18. The molecule has 4 unspecified atom stereocenters. The number of aryl methyl sites for hydroxylation is 2. The lowest BCUT2D eigenvalue weighted by atomic mass is 9.83. The van der Waals surface area contributed by atoms with Crippen LogP contribution in [-0.4, -0.2) is 39.6 Å². The van der Waals surface area contributed by atoms with Crippen molar-refractivity contribution >= 4 is 23.5 Å². The Bertz CT molecular complexity index is 1000. The van der Waals surface area contributed by atoms with E-state index in [4.69, 9.17) is 0 Å². The van der Waals surface area contributed by atoms with Gasteiger partial charge in [-0.1, -0.05) is 43.2 Å². The van der Waals surface area contributed by atoms with Gasteiger partial charge in [0.05, 0.1) is 11.6 Å². The number of hydrogen-bond donors (Lipinski definition) is 4. The molecule has 1 aromatic heterocycles. The molecular formula is C24H32N6O3. The van der Waals surface area contributed by atoms with Gasteiger partial charge in [0, 0.05) is 18.2 Å². The Morgan fingerprint density at radius 3 is 2.73 bits per heavy atom. The molecule has 1 aliphatic heterocycles. The highest BCUT2D eigenvalue weighted by atomic mass is 16.2. The minimum Gasteiger partial charge on any atom is -0.345 e. The number of anilines is 1. The molecule has 2 fully saturated rings. The molecule has 9 nitrogen and oxygen atoms in total. The molecule has 0 radical (unpaired) electrons. The zero-order valence-corrected chi connectivity index (χ0v) is 19.1. The number of hydrogen-bond acceptors (Lipinski definition) is 5. The molecule has 2 aromatic rings. The molecular weight excluding hydrogens is 420 g/mol. The fraction of sp³-hybridized carbons (Fsp3) is 0.500. The van der Waals surface area contributed by atoms with Crippen LogP contribution in [0.4, 0.5) is 5.82 Å². The first-order valence-corrected chi connectivity index (χ1v) is 11.7. The number of aromatic nitrogens is 2. The number of nitrogens with one attached hydrogen (secondary N) is 4. The van der Waals surface area contributed by atoms with Crippen molar-refractivity contribution < 1.29 is 14.4 Å². The summed E-state index contributed by atoms with van der Waals surface area (Å²) in [7, 11) is 0. The van der Waals surface area contributed by atoms with Gasteiger partial charge >= 0.3 is 11.8 Å². The van der Waals surface area contributed by atoms with E-state index >= 15 is 0 Å². The summed E-state index contributed by atoms with van der Waals surface area (Å²) in [6.45, 7) is 3.68. The molecule has 0 bridgehead atoms. The Kier molecular flexibility index (Phi) is 7.08. The largest absolute Gasteiger partial charge is 0.345 e. The normalized spacial score (nSPS) is 23.2. The molecule has 9 heteroatoms. The van der Waals surface area contributed by atoms with Gasteiger partial charge in [-0.3, -0.25) is 19.7 Å². The van der Waals surface area contributed by atoms with Crippen LogP contribution < -0.4 is 21.3 Å². The second-order valence-corrected chi connectivity index (χ2v) is 9.04. The standard InChI is InChI=1S/C24H32N6O3/c1-15(12-13-17-8-4-3-5-9-17)25-22(32)23(33)27-20-14-16(2)29-30(20)24-26-19-11-7-6-10-18(19)21(31)28-24/h3-5,8-9,14-15,18-19,24,26H,6-7,10-13H2,1-2H3,(H,25,32)(H,27,33)(H,28,31). The van der Waals surface area contributed by atoms with Gasteiger partial charge < -0.3 is 16.0 Å². The quantitative estimate of drug-likeness (QED) is 0.500. The lowest BCUT2D eigenvalue weighted by Gasteiger charge is -2.40. The predicted molar refractivity (Wildman–Crippen MR) is 124 cm³/mol. The number of amides is 3. The first-order chi connectivity index (χ1) is 15.9. The smallest absolute Gasteiger partial charge is 0.314 e.